The van der Waals surface area contributed by atoms with Crippen LogP contribution >= 0.6 is 11.8 Å². The summed E-state index contributed by atoms with van der Waals surface area (Å²) in [6, 6.07) is 0.511. The molecule has 1 heterocycles. The molecule has 2 unspecified atom stereocenters. The van der Waals surface area contributed by atoms with Gasteiger partial charge in [-0.1, -0.05) is 39.0 Å². The minimum Gasteiger partial charge on any atom is -0.416 e. The molecule has 0 saturated heterocycles. The van der Waals surface area contributed by atoms with Crippen molar-refractivity contribution in [2.75, 3.05) is 12.3 Å². The number of hydrogen-bond donors (Lipinski definition) is 1. The van der Waals surface area contributed by atoms with E-state index in [-0.39, 0.29) is 0 Å². The zero-order valence-electron chi connectivity index (χ0n) is 11.2. The Morgan fingerprint density at radius 3 is 2.65 bits per heavy atom. The van der Waals surface area contributed by atoms with Crippen LogP contribution in [0.25, 0.3) is 0 Å². The minimum absolute atomic E-state index is 0.511. The number of thioether (sulfide) groups is 1. The molecule has 17 heavy (non-hydrogen) atoms. The van der Waals surface area contributed by atoms with Gasteiger partial charge in [-0.25, -0.2) is 0 Å². The zero-order valence-corrected chi connectivity index (χ0v) is 12.0. The Labute approximate surface area is 108 Å². The summed E-state index contributed by atoms with van der Waals surface area (Å²) in [7, 11) is 0. The van der Waals surface area contributed by atoms with E-state index in [2.05, 4.69) is 36.3 Å². The highest BCUT2D eigenvalue weighted by Crippen LogP contribution is 2.20. The number of nitrogens with zero attached hydrogens (tertiary/aromatic N) is 2. The predicted octanol–water partition coefficient (Wildman–Crippen LogP) is 2.88. The van der Waals surface area contributed by atoms with Gasteiger partial charge in [0.05, 0.1) is 0 Å². The van der Waals surface area contributed by atoms with Gasteiger partial charge in [-0.2, -0.15) is 0 Å². The van der Waals surface area contributed by atoms with E-state index in [1.807, 2.05) is 6.92 Å². The molecule has 0 aromatic carbocycles. The van der Waals surface area contributed by atoms with Crippen molar-refractivity contribution < 1.29 is 4.42 Å². The number of hydrogen-bond acceptors (Lipinski definition) is 5. The topological polar surface area (TPSA) is 51.0 Å². The van der Waals surface area contributed by atoms with Crippen LogP contribution in [-0.4, -0.2) is 28.5 Å². The lowest BCUT2D eigenvalue weighted by Gasteiger charge is -2.23. The molecule has 2 atom stereocenters. The molecular formula is C12H23N3OS. The molecule has 1 aromatic rings. The van der Waals surface area contributed by atoms with Crippen molar-refractivity contribution in [2.45, 2.75) is 51.8 Å². The maximum absolute atomic E-state index is 5.36. The predicted molar refractivity (Wildman–Crippen MR) is 71.3 cm³/mol. The number of rotatable bonds is 8. The van der Waals surface area contributed by atoms with Crippen LogP contribution in [0.1, 0.15) is 39.5 Å². The van der Waals surface area contributed by atoms with Gasteiger partial charge in [0.1, 0.15) is 0 Å². The van der Waals surface area contributed by atoms with Crippen molar-refractivity contribution in [1.29, 1.82) is 0 Å². The summed E-state index contributed by atoms with van der Waals surface area (Å²) in [4.78, 5) is 0. The number of aromatic nitrogens is 2. The van der Waals surface area contributed by atoms with Crippen molar-refractivity contribution in [3.63, 3.8) is 0 Å². The SMILES string of the molecule is CCCNC(CSc1nnc(C)o1)C(C)CC. The highest BCUT2D eigenvalue weighted by Gasteiger charge is 2.16. The third-order valence-corrected chi connectivity index (χ3v) is 3.82. The lowest BCUT2D eigenvalue weighted by atomic mass is 10.0. The Balaban J connectivity index is 2.42. The average Bonchev–Trinajstić information content (AvgIpc) is 2.74. The Morgan fingerprint density at radius 2 is 2.12 bits per heavy atom. The van der Waals surface area contributed by atoms with Gasteiger partial charge in [-0.05, 0) is 18.9 Å². The summed E-state index contributed by atoms with van der Waals surface area (Å²) < 4.78 is 5.36. The van der Waals surface area contributed by atoms with E-state index < -0.39 is 0 Å². The molecule has 0 radical (unpaired) electrons. The third kappa shape index (κ3) is 5.08. The smallest absolute Gasteiger partial charge is 0.276 e. The van der Waals surface area contributed by atoms with Crippen LogP contribution < -0.4 is 5.32 Å². The normalized spacial score (nSPS) is 14.8. The first kappa shape index (κ1) is 14.5. The summed E-state index contributed by atoms with van der Waals surface area (Å²) in [6.45, 7) is 9.59. The fourth-order valence-electron chi connectivity index (χ4n) is 1.54. The van der Waals surface area contributed by atoms with E-state index in [9.17, 15) is 0 Å². The fourth-order valence-corrected chi connectivity index (χ4v) is 2.58. The first-order chi connectivity index (χ1) is 8.17. The molecule has 1 N–H and O–H groups in total. The van der Waals surface area contributed by atoms with Gasteiger partial charge in [0.15, 0.2) is 0 Å². The molecule has 98 valence electrons. The molecule has 1 rings (SSSR count). The third-order valence-electron chi connectivity index (χ3n) is 2.88. The van der Waals surface area contributed by atoms with Gasteiger partial charge in [-0.3, -0.25) is 0 Å². The molecule has 0 spiro atoms. The molecule has 0 aliphatic heterocycles. The summed E-state index contributed by atoms with van der Waals surface area (Å²) >= 11 is 1.64. The van der Waals surface area contributed by atoms with Gasteiger partial charge < -0.3 is 9.73 Å². The largest absolute Gasteiger partial charge is 0.416 e. The summed E-state index contributed by atoms with van der Waals surface area (Å²) in [5, 5.41) is 12.1. The van der Waals surface area contributed by atoms with Gasteiger partial charge in [0.2, 0.25) is 5.89 Å². The molecular weight excluding hydrogens is 234 g/mol. The van der Waals surface area contributed by atoms with Crippen molar-refractivity contribution in [1.82, 2.24) is 15.5 Å². The van der Waals surface area contributed by atoms with Crippen molar-refractivity contribution in [3.05, 3.63) is 5.89 Å². The van der Waals surface area contributed by atoms with Crippen LogP contribution in [0, 0.1) is 12.8 Å². The highest BCUT2D eigenvalue weighted by molar-refractivity contribution is 7.99. The summed E-state index contributed by atoms with van der Waals surface area (Å²) in [5.41, 5.74) is 0. The van der Waals surface area contributed by atoms with Crippen LogP contribution in [0.4, 0.5) is 0 Å². The second kappa shape index (κ2) is 7.71. The zero-order chi connectivity index (χ0) is 12.7. The van der Waals surface area contributed by atoms with Gasteiger partial charge in [0, 0.05) is 18.7 Å². The van der Waals surface area contributed by atoms with Gasteiger partial charge >= 0.3 is 0 Å². The van der Waals surface area contributed by atoms with E-state index >= 15 is 0 Å². The van der Waals surface area contributed by atoms with Crippen molar-refractivity contribution in [2.24, 2.45) is 5.92 Å². The molecule has 1 aromatic heterocycles. The molecule has 0 amide bonds. The maximum Gasteiger partial charge on any atom is 0.276 e. The quantitative estimate of drug-likeness (QED) is 0.726. The standard InChI is InChI=1S/C12H23N3OS/c1-5-7-13-11(9(3)6-2)8-17-12-15-14-10(4)16-12/h9,11,13H,5-8H2,1-4H3. The summed E-state index contributed by atoms with van der Waals surface area (Å²) in [6.07, 6.45) is 2.35. The maximum atomic E-state index is 5.36. The Hall–Kier alpha value is -0.550. The van der Waals surface area contributed by atoms with E-state index in [0.29, 0.717) is 23.1 Å². The van der Waals surface area contributed by atoms with Crippen LogP contribution in [-0.2, 0) is 0 Å². The molecule has 4 nitrogen and oxygen atoms in total. The lowest BCUT2D eigenvalue weighted by molar-refractivity contribution is 0.393. The molecule has 0 aliphatic carbocycles. The van der Waals surface area contributed by atoms with Gasteiger partial charge in [0.25, 0.3) is 5.22 Å². The Kier molecular flexibility index (Phi) is 6.58. The minimum atomic E-state index is 0.511. The van der Waals surface area contributed by atoms with Crippen molar-refractivity contribution >= 4 is 11.8 Å². The van der Waals surface area contributed by atoms with Crippen LogP contribution in [0.3, 0.4) is 0 Å². The highest BCUT2D eigenvalue weighted by atomic mass is 32.2. The van der Waals surface area contributed by atoms with Crippen LogP contribution in [0.5, 0.6) is 0 Å². The van der Waals surface area contributed by atoms with Crippen LogP contribution in [0.2, 0.25) is 0 Å². The lowest BCUT2D eigenvalue weighted by Crippen LogP contribution is -2.37. The second-order valence-electron chi connectivity index (χ2n) is 4.34. The Morgan fingerprint density at radius 1 is 1.35 bits per heavy atom. The monoisotopic (exact) mass is 257 g/mol. The fraction of sp³-hybridized carbons (Fsp3) is 0.833. The van der Waals surface area contributed by atoms with E-state index in [1.165, 1.54) is 6.42 Å². The first-order valence-electron chi connectivity index (χ1n) is 6.33. The van der Waals surface area contributed by atoms with E-state index in [4.69, 9.17) is 4.42 Å². The van der Waals surface area contributed by atoms with E-state index in [0.717, 1.165) is 18.7 Å². The van der Waals surface area contributed by atoms with Crippen LogP contribution in [0.15, 0.2) is 9.64 Å². The first-order valence-corrected chi connectivity index (χ1v) is 7.32. The van der Waals surface area contributed by atoms with E-state index in [1.54, 1.807) is 11.8 Å². The van der Waals surface area contributed by atoms with Crippen molar-refractivity contribution in [3.8, 4) is 0 Å². The average molecular weight is 257 g/mol. The molecule has 0 bridgehead atoms. The number of aryl methyl sites for hydroxylation is 1. The molecule has 5 heteroatoms. The van der Waals surface area contributed by atoms with Gasteiger partial charge in [-0.15, -0.1) is 10.2 Å². The molecule has 0 fully saturated rings. The summed E-state index contributed by atoms with van der Waals surface area (Å²) in [5.74, 6) is 2.28. The molecule has 0 aliphatic rings. The Bertz CT molecular complexity index is 316. The molecule has 0 saturated carbocycles. The second-order valence-corrected chi connectivity index (χ2v) is 5.32. The number of nitrogens with one attached hydrogen (secondary N) is 1.